The van der Waals surface area contributed by atoms with Gasteiger partial charge in [-0.2, -0.15) is 0 Å². The zero-order valence-electron chi connectivity index (χ0n) is 12.2. The number of rotatable bonds is 5. The highest BCUT2D eigenvalue weighted by Crippen LogP contribution is 2.23. The molecule has 0 radical (unpaired) electrons. The van der Waals surface area contributed by atoms with E-state index in [1.807, 2.05) is 42.5 Å². The first kappa shape index (κ1) is 18.1. The van der Waals surface area contributed by atoms with Crippen molar-refractivity contribution in [1.82, 2.24) is 0 Å². The van der Waals surface area contributed by atoms with Crippen molar-refractivity contribution in [3.05, 3.63) is 60.2 Å². The first-order valence-electron chi connectivity index (χ1n) is 6.85. The van der Waals surface area contributed by atoms with E-state index in [1.54, 1.807) is 19.1 Å². The first-order chi connectivity index (χ1) is 10.1. The van der Waals surface area contributed by atoms with Crippen molar-refractivity contribution in [3.8, 4) is 11.1 Å². The molecule has 0 aromatic heterocycles. The smallest absolute Gasteiger partial charge is 0.342 e. The molecule has 2 rings (SSSR count). The molecule has 118 valence electrons. The molecule has 1 unspecified atom stereocenters. The predicted octanol–water partition coefficient (Wildman–Crippen LogP) is 3.68. The third-order valence-corrected chi connectivity index (χ3v) is 3.23. The van der Waals surface area contributed by atoms with E-state index in [1.165, 1.54) is 0 Å². The molecule has 0 aliphatic heterocycles. The van der Waals surface area contributed by atoms with Crippen molar-refractivity contribution < 1.29 is 13.9 Å². The van der Waals surface area contributed by atoms with Gasteiger partial charge in [0.25, 0.3) is 0 Å². The maximum Gasteiger partial charge on any atom is 0.342 e. The van der Waals surface area contributed by atoms with Gasteiger partial charge in [0.05, 0.1) is 12.6 Å². The van der Waals surface area contributed by atoms with Gasteiger partial charge in [-0.05, 0) is 23.6 Å². The second-order valence-corrected chi connectivity index (χ2v) is 4.67. The van der Waals surface area contributed by atoms with Gasteiger partial charge in [0.2, 0.25) is 6.17 Å². The Morgan fingerprint density at radius 1 is 1.09 bits per heavy atom. The van der Waals surface area contributed by atoms with E-state index in [0.717, 1.165) is 11.1 Å². The summed E-state index contributed by atoms with van der Waals surface area (Å²) in [5, 5.41) is 0. The van der Waals surface area contributed by atoms with Crippen molar-refractivity contribution in [2.24, 2.45) is 5.73 Å². The summed E-state index contributed by atoms with van der Waals surface area (Å²) in [6.07, 6.45) is -1.85. The summed E-state index contributed by atoms with van der Waals surface area (Å²) in [5.74, 6) is -0.919. The molecule has 0 aliphatic rings. The van der Waals surface area contributed by atoms with Gasteiger partial charge in [-0.1, -0.05) is 54.6 Å². The Kier molecular flexibility index (Phi) is 7.02. The van der Waals surface area contributed by atoms with Crippen LogP contribution >= 0.6 is 12.4 Å². The molecule has 0 bridgehead atoms. The number of benzene rings is 2. The van der Waals surface area contributed by atoms with Gasteiger partial charge in [-0.25, -0.2) is 9.18 Å². The van der Waals surface area contributed by atoms with Crippen molar-refractivity contribution in [2.75, 3.05) is 6.61 Å². The molecular formula is C17H19ClFNO2. The second kappa shape index (κ2) is 8.51. The number of carbonyl (C=O) groups excluding carboxylic acids is 1. The fourth-order valence-corrected chi connectivity index (χ4v) is 2.07. The zero-order chi connectivity index (χ0) is 15.2. The van der Waals surface area contributed by atoms with Gasteiger partial charge in [0.15, 0.2) is 0 Å². The summed E-state index contributed by atoms with van der Waals surface area (Å²) in [7, 11) is 0. The number of nitrogens with two attached hydrogens (primary N) is 1. The zero-order valence-corrected chi connectivity index (χ0v) is 13.1. The summed E-state index contributed by atoms with van der Waals surface area (Å²) < 4.78 is 18.5. The average Bonchev–Trinajstić information content (AvgIpc) is 2.54. The number of alkyl halides is 1. The predicted molar refractivity (Wildman–Crippen MR) is 87.6 cm³/mol. The van der Waals surface area contributed by atoms with Gasteiger partial charge in [-0.3, -0.25) is 0 Å². The summed E-state index contributed by atoms with van der Waals surface area (Å²) in [6.45, 7) is 1.77. The summed E-state index contributed by atoms with van der Waals surface area (Å²) in [5.41, 5.74) is 8.43. The van der Waals surface area contributed by atoms with Crippen LogP contribution in [0.1, 0.15) is 18.5 Å². The first-order valence-corrected chi connectivity index (χ1v) is 6.85. The van der Waals surface area contributed by atoms with Crippen molar-refractivity contribution in [2.45, 2.75) is 19.1 Å². The van der Waals surface area contributed by atoms with E-state index < -0.39 is 18.2 Å². The normalized spacial score (nSPS) is 12.9. The lowest BCUT2D eigenvalue weighted by Gasteiger charge is -2.16. The van der Waals surface area contributed by atoms with E-state index in [0.29, 0.717) is 5.56 Å². The lowest BCUT2D eigenvalue weighted by Crippen LogP contribution is -2.31. The SMILES string of the molecule is CCOC(=O)C(F)[C@H](N)c1ccc(-c2ccccc2)cc1.Cl. The summed E-state index contributed by atoms with van der Waals surface area (Å²) >= 11 is 0. The molecule has 0 fully saturated rings. The van der Waals surface area contributed by atoms with Gasteiger partial charge in [0.1, 0.15) is 0 Å². The average molecular weight is 324 g/mol. The van der Waals surface area contributed by atoms with E-state index in [2.05, 4.69) is 4.74 Å². The van der Waals surface area contributed by atoms with Crippen LogP contribution in [0.2, 0.25) is 0 Å². The Bertz CT molecular complexity index is 589. The van der Waals surface area contributed by atoms with Crippen LogP contribution in [-0.4, -0.2) is 18.7 Å². The topological polar surface area (TPSA) is 52.3 Å². The molecule has 0 aliphatic carbocycles. The molecule has 3 nitrogen and oxygen atoms in total. The van der Waals surface area contributed by atoms with Crippen LogP contribution in [0.5, 0.6) is 0 Å². The Hall–Kier alpha value is -1.91. The molecule has 0 heterocycles. The minimum Gasteiger partial charge on any atom is -0.464 e. The third-order valence-electron chi connectivity index (χ3n) is 3.23. The van der Waals surface area contributed by atoms with Crippen LogP contribution in [0.3, 0.4) is 0 Å². The molecule has 2 N–H and O–H groups in total. The number of hydrogen-bond donors (Lipinski definition) is 1. The summed E-state index contributed by atoms with van der Waals surface area (Å²) in [4.78, 5) is 11.4. The van der Waals surface area contributed by atoms with Gasteiger partial charge >= 0.3 is 5.97 Å². The maximum absolute atomic E-state index is 13.9. The molecule has 5 heteroatoms. The lowest BCUT2D eigenvalue weighted by molar-refractivity contribution is -0.149. The Morgan fingerprint density at radius 3 is 2.18 bits per heavy atom. The quantitative estimate of drug-likeness (QED) is 0.854. The Balaban J connectivity index is 0.00000242. The summed E-state index contributed by atoms with van der Waals surface area (Å²) in [6, 6.07) is 16.0. The van der Waals surface area contributed by atoms with Gasteiger partial charge in [0, 0.05) is 0 Å². The van der Waals surface area contributed by atoms with Crippen LogP contribution < -0.4 is 5.73 Å². The van der Waals surface area contributed by atoms with Crippen molar-refractivity contribution in [1.29, 1.82) is 0 Å². The molecule has 22 heavy (non-hydrogen) atoms. The maximum atomic E-state index is 13.9. The number of carbonyl (C=O) groups is 1. The molecule has 2 aromatic carbocycles. The van der Waals surface area contributed by atoms with Crippen LogP contribution in [0.15, 0.2) is 54.6 Å². The molecular weight excluding hydrogens is 305 g/mol. The highest BCUT2D eigenvalue weighted by Gasteiger charge is 2.27. The van der Waals surface area contributed by atoms with E-state index in [4.69, 9.17) is 5.73 Å². The number of hydrogen-bond acceptors (Lipinski definition) is 3. The highest BCUT2D eigenvalue weighted by atomic mass is 35.5. The largest absolute Gasteiger partial charge is 0.464 e. The van der Waals surface area contributed by atoms with Crippen molar-refractivity contribution >= 4 is 18.4 Å². The molecule has 2 atom stereocenters. The minimum atomic E-state index is -1.85. The lowest BCUT2D eigenvalue weighted by atomic mass is 9.99. The fourth-order valence-electron chi connectivity index (χ4n) is 2.07. The Morgan fingerprint density at radius 2 is 1.64 bits per heavy atom. The molecule has 0 saturated carbocycles. The van der Waals surface area contributed by atoms with Crippen LogP contribution in [-0.2, 0) is 9.53 Å². The van der Waals surface area contributed by atoms with Crippen LogP contribution in [0.25, 0.3) is 11.1 Å². The van der Waals surface area contributed by atoms with E-state index in [9.17, 15) is 9.18 Å². The van der Waals surface area contributed by atoms with Gasteiger partial charge < -0.3 is 10.5 Å². The molecule has 0 spiro atoms. The van der Waals surface area contributed by atoms with Crippen molar-refractivity contribution in [3.63, 3.8) is 0 Å². The fraction of sp³-hybridized carbons (Fsp3) is 0.235. The minimum absolute atomic E-state index is 0. The highest BCUT2D eigenvalue weighted by molar-refractivity contribution is 5.85. The molecule has 0 amide bonds. The number of ether oxygens (including phenoxy) is 1. The Labute approximate surface area is 135 Å². The standard InChI is InChI=1S/C17H18FNO2.ClH/c1-2-21-17(20)15(18)16(19)14-10-8-13(9-11-14)12-6-4-3-5-7-12;/h3-11,15-16H,2,19H2,1H3;1H/t15?,16-;/m1./s1. The number of halogens is 2. The van der Waals surface area contributed by atoms with E-state index >= 15 is 0 Å². The van der Waals surface area contributed by atoms with Crippen LogP contribution in [0, 0.1) is 0 Å². The van der Waals surface area contributed by atoms with E-state index in [-0.39, 0.29) is 19.0 Å². The third kappa shape index (κ3) is 4.29. The van der Waals surface area contributed by atoms with Gasteiger partial charge in [-0.15, -0.1) is 12.4 Å². The molecule has 2 aromatic rings. The second-order valence-electron chi connectivity index (χ2n) is 4.67. The number of esters is 1. The monoisotopic (exact) mass is 323 g/mol. The molecule has 0 saturated heterocycles. The van der Waals surface area contributed by atoms with Crippen LogP contribution in [0.4, 0.5) is 4.39 Å².